The van der Waals surface area contributed by atoms with E-state index in [9.17, 15) is 19.3 Å². The van der Waals surface area contributed by atoms with Gasteiger partial charge in [0.05, 0.1) is 4.92 Å². The zero-order chi connectivity index (χ0) is 14.7. The molecule has 0 spiro atoms. The minimum absolute atomic E-state index is 0.102. The number of rotatable bonds is 3. The Morgan fingerprint density at radius 1 is 1.35 bits per heavy atom. The number of benzene rings is 1. The molecule has 20 heavy (non-hydrogen) atoms. The van der Waals surface area contributed by atoms with Gasteiger partial charge < -0.3 is 5.32 Å². The predicted octanol–water partition coefficient (Wildman–Crippen LogP) is 2.69. The maximum absolute atomic E-state index is 12.9. The van der Waals surface area contributed by atoms with E-state index in [0.29, 0.717) is 5.56 Å². The Morgan fingerprint density at radius 3 is 2.75 bits per heavy atom. The molecule has 6 nitrogen and oxygen atoms in total. The summed E-state index contributed by atoms with van der Waals surface area (Å²) in [5.41, 5.74) is 0.526. The molecule has 0 unspecified atom stereocenters. The van der Waals surface area contributed by atoms with Crippen molar-refractivity contribution in [3.05, 3.63) is 63.7 Å². The van der Waals surface area contributed by atoms with Crippen LogP contribution in [0.15, 0.2) is 36.4 Å². The molecule has 2 rings (SSSR count). The van der Waals surface area contributed by atoms with Crippen molar-refractivity contribution in [3.63, 3.8) is 0 Å². The number of carbonyl (C=O) groups is 1. The van der Waals surface area contributed by atoms with Gasteiger partial charge in [-0.1, -0.05) is 12.1 Å². The smallest absolute Gasteiger partial charge is 0.274 e. The molecule has 102 valence electrons. The zero-order valence-corrected chi connectivity index (χ0v) is 10.5. The summed E-state index contributed by atoms with van der Waals surface area (Å²) in [5, 5.41) is 13.2. The highest BCUT2D eigenvalue weighted by Gasteiger charge is 2.14. The molecule has 1 aromatic heterocycles. The van der Waals surface area contributed by atoms with Gasteiger partial charge >= 0.3 is 0 Å². The lowest BCUT2D eigenvalue weighted by atomic mass is 10.2. The van der Waals surface area contributed by atoms with E-state index in [0.717, 1.165) is 6.07 Å². The molecule has 0 aliphatic rings. The first-order valence-electron chi connectivity index (χ1n) is 5.66. The van der Waals surface area contributed by atoms with Crippen LogP contribution in [0.1, 0.15) is 16.1 Å². The maximum atomic E-state index is 12.9. The van der Waals surface area contributed by atoms with Crippen LogP contribution in [-0.2, 0) is 0 Å². The summed E-state index contributed by atoms with van der Waals surface area (Å²) in [4.78, 5) is 25.5. The van der Waals surface area contributed by atoms with Crippen LogP contribution in [-0.4, -0.2) is 15.8 Å². The van der Waals surface area contributed by atoms with E-state index in [1.807, 2.05) is 0 Å². The van der Waals surface area contributed by atoms with Crippen molar-refractivity contribution in [2.45, 2.75) is 6.92 Å². The van der Waals surface area contributed by atoms with Gasteiger partial charge in [0.2, 0.25) is 5.95 Å². The molecular formula is C13H10FN3O3. The van der Waals surface area contributed by atoms with E-state index in [-0.39, 0.29) is 17.1 Å². The first kappa shape index (κ1) is 13.6. The minimum Gasteiger partial charge on any atom is -0.320 e. The molecule has 0 saturated carbocycles. The van der Waals surface area contributed by atoms with Crippen molar-refractivity contribution in [2.24, 2.45) is 0 Å². The van der Waals surface area contributed by atoms with Crippen molar-refractivity contribution in [2.75, 3.05) is 5.32 Å². The molecular weight excluding hydrogens is 265 g/mol. The second-order valence-corrected chi connectivity index (χ2v) is 4.06. The van der Waals surface area contributed by atoms with Crippen LogP contribution in [0.5, 0.6) is 0 Å². The number of anilines is 1. The molecule has 2 aromatic rings. The molecule has 7 heteroatoms. The summed E-state index contributed by atoms with van der Waals surface area (Å²) in [6.07, 6.45) is 0. The Bertz CT molecular complexity index is 688. The molecule has 1 aromatic carbocycles. The Labute approximate surface area is 113 Å². The monoisotopic (exact) mass is 275 g/mol. The van der Waals surface area contributed by atoms with Gasteiger partial charge in [0.1, 0.15) is 5.69 Å². The van der Waals surface area contributed by atoms with Crippen molar-refractivity contribution >= 4 is 17.3 Å². The molecule has 0 aliphatic carbocycles. The Balaban J connectivity index is 2.24. The highest BCUT2D eigenvalue weighted by molar-refractivity contribution is 6.03. The van der Waals surface area contributed by atoms with Crippen LogP contribution >= 0.6 is 0 Å². The number of aryl methyl sites for hydroxylation is 1. The number of halogens is 1. The van der Waals surface area contributed by atoms with Crippen molar-refractivity contribution < 1.29 is 14.1 Å². The van der Waals surface area contributed by atoms with Crippen LogP contribution in [0.3, 0.4) is 0 Å². The summed E-state index contributed by atoms with van der Waals surface area (Å²) in [7, 11) is 0. The van der Waals surface area contributed by atoms with Crippen LogP contribution in [0.4, 0.5) is 15.8 Å². The molecule has 1 heterocycles. The summed E-state index contributed by atoms with van der Waals surface area (Å²) in [6.45, 7) is 1.60. The van der Waals surface area contributed by atoms with Crippen LogP contribution in [0, 0.1) is 23.0 Å². The van der Waals surface area contributed by atoms with Gasteiger partial charge in [-0.2, -0.15) is 4.39 Å². The van der Waals surface area contributed by atoms with Crippen LogP contribution in [0.2, 0.25) is 0 Å². The van der Waals surface area contributed by atoms with Gasteiger partial charge in [0.25, 0.3) is 11.6 Å². The SMILES string of the molecule is Cc1ccc(NC(=O)c2cccc(F)n2)cc1[N+](=O)[O-]. The van der Waals surface area contributed by atoms with Crippen LogP contribution < -0.4 is 5.32 Å². The number of hydrogen-bond donors (Lipinski definition) is 1. The molecule has 0 saturated heterocycles. The minimum atomic E-state index is -0.771. The van der Waals surface area contributed by atoms with Crippen molar-refractivity contribution in [1.82, 2.24) is 4.98 Å². The number of pyridine rings is 1. The third-order valence-electron chi connectivity index (χ3n) is 2.61. The van der Waals surface area contributed by atoms with E-state index in [1.54, 1.807) is 6.92 Å². The average Bonchev–Trinajstić information content (AvgIpc) is 2.40. The van der Waals surface area contributed by atoms with Gasteiger partial charge in [-0.05, 0) is 25.1 Å². The largest absolute Gasteiger partial charge is 0.320 e. The lowest BCUT2D eigenvalue weighted by Gasteiger charge is -2.05. The number of hydrogen-bond acceptors (Lipinski definition) is 4. The molecule has 0 bridgehead atoms. The Morgan fingerprint density at radius 2 is 2.10 bits per heavy atom. The van der Waals surface area contributed by atoms with Gasteiger partial charge in [-0.3, -0.25) is 14.9 Å². The standard InChI is InChI=1S/C13H10FN3O3/c1-8-5-6-9(7-11(8)17(19)20)15-13(18)10-3-2-4-12(14)16-10/h2-7H,1H3,(H,15,18). The second kappa shape index (κ2) is 5.43. The summed E-state index contributed by atoms with van der Waals surface area (Å²) in [6, 6.07) is 8.11. The van der Waals surface area contributed by atoms with Crippen LogP contribution in [0.25, 0.3) is 0 Å². The zero-order valence-electron chi connectivity index (χ0n) is 10.5. The third kappa shape index (κ3) is 2.94. The molecule has 1 amide bonds. The molecule has 0 fully saturated rings. The molecule has 1 N–H and O–H groups in total. The number of aromatic nitrogens is 1. The first-order chi connectivity index (χ1) is 9.47. The highest BCUT2D eigenvalue weighted by atomic mass is 19.1. The third-order valence-corrected chi connectivity index (χ3v) is 2.61. The summed E-state index contributed by atoms with van der Waals surface area (Å²) in [5.74, 6) is -1.41. The number of nitrogens with zero attached hydrogens (tertiary/aromatic N) is 2. The second-order valence-electron chi connectivity index (χ2n) is 4.06. The van der Waals surface area contributed by atoms with E-state index < -0.39 is 16.8 Å². The van der Waals surface area contributed by atoms with E-state index in [4.69, 9.17) is 0 Å². The fraction of sp³-hybridized carbons (Fsp3) is 0.0769. The number of nitro benzene ring substituents is 1. The van der Waals surface area contributed by atoms with Crippen molar-refractivity contribution in [1.29, 1.82) is 0 Å². The average molecular weight is 275 g/mol. The quantitative estimate of drug-likeness (QED) is 0.530. The van der Waals surface area contributed by atoms with E-state index >= 15 is 0 Å². The maximum Gasteiger partial charge on any atom is 0.274 e. The number of nitro groups is 1. The van der Waals surface area contributed by atoms with Gasteiger partial charge in [0.15, 0.2) is 0 Å². The Kier molecular flexibility index (Phi) is 3.69. The number of nitrogens with one attached hydrogen (secondary N) is 1. The van der Waals surface area contributed by atoms with E-state index in [2.05, 4.69) is 10.3 Å². The normalized spacial score (nSPS) is 10.1. The number of carbonyl (C=O) groups excluding carboxylic acids is 1. The Hall–Kier alpha value is -2.83. The van der Waals surface area contributed by atoms with Gasteiger partial charge in [-0.25, -0.2) is 4.98 Å². The first-order valence-corrected chi connectivity index (χ1v) is 5.66. The molecule has 0 radical (unpaired) electrons. The summed E-state index contributed by atoms with van der Waals surface area (Å²) < 4.78 is 12.9. The van der Waals surface area contributed by atoms with Crippen molar-refractivity contribution in [3.8, 4) is 0 Å². The highest BCUT2D eigenvalue weighted by Crippen LogP contribution is 2.22. The molecule has 0 aliphatic heterocycles. The predicted molar refractivity (Wildman–Crippen MR) is 70.0 cm³/mol. The fourth-order valence-electron chi connectivity index (χ4n) is 1.61. The summed E-state index contributed by atoms with van der Waals surface area (Å²) >= 11 is 0. The van der Waals surface area contributed by atoms with Gasteiger partial charge in [-0.15, -0.1) is 0 Å². The van der Waals surface area contributed by atoms with E-state index in [1.165, 1.54) is 30.3 Å². The fourth-order valence-corrected chi connectivity index (χ4v) is 1.61. The van der Waals surface area contributed by atoms with Gasteiger partial charge in [0, 0.05) is 17.3 Å². The number of amides is 1. The lowest BCUT2D eigenvalue weighted by molar-refractivity contribution is -0.385. The lowest BCUT2D eigenvalue weighted by Crippen LogP contribution is -2.14. The molecule has 0 atom stereocenters. The topological polar surface area (TPSA) is 85.1 Å².